The van der Waals surface area contributed by atoms with Crippen molar-refractivity contribution < 1.29 is 14.6 Å². The molecule has 1 aromatic carbocycles. The van der Waals surface area contributed by atoms with Gasteiger partial charge in [-0.25, -0.2) is 4.79 Å². The largest absolute Gasteiger partial charge is 0.445 e. The quantitative estimate of drug-likeness (QED) is 0.909. The Morgan fingerprint density at radius 1 is 1.31 bits per heavy atom. The lowest BCUT2D eigenvalue weighted by atomic mass is 10.0. The summed E-state index contributed by atoms with van der Waals surface area (Å²) in [4.78, 5) is 15.9. The maximum absolute atomic E-state index is 12.5. The van der Waals surface area contributed by atoms with E-state index < -0.39 is 5.60 Å². The predicted molar refractivity (Wildman–Crippen MR) is 96.3 cm³/mol. The van der Waals surface area contributed by atoms with Crippen LogP contribution in [0.1, 0.15) is 50.9 Å². The van der Waals surface area contributed by atoms with Crippen LogP contribution in [0.25, 0.3) is 0 Å². The molecule has 0 unspecified atom stereocenters. The number of carbonyl (C=O) groups excluding carboxylic acids is 1. The molecule has 2 aromatic rings. The van der Waals surface area contributed by atoms with Crippen LogP contribution in [0, 0.1) is 0 Å². The lowest BCUT2D eigenvalue weighted by Crippen LogP contribution is -2.46. The lowest BCUT2D eigenvalue weighted by Gasteiger charge is -2.36. The van der Waals surface area contributed by atoms with Crippen LogP contribution < -0.4 is 0 Å². The molecule has 26 heavy (non-hydrogen) atoms. The lowest BCUT2D eigenvalue weighted by molar-refractivity contribution is 0.0545. The minimum atomic E-state index is -1.03. The molecule has 0 saturated carbocycles. The highest BCUT2D eigenvalue weighted by molar-refractivity contribution is 5.68. The normalized spacial score (nSPS) is 20.8. The molecule has 0 radical (unpaired) electrons. The number of piperidine rings is 1. The van der Waals surface area contributed by atoms with E-state index in [1.807, 2.05) is 37.3 Å². The van der Waals surface area contributed by atoms with E-state index in [-0.39, 0.29) is 24.8 Å². The molecule has 1 N–H and O–H groups in total. The average Bonchev–Trinajstić information content (AvgIpc) is 3.11. The van der Waals surface area contributed by atoms with Crippen molar-refractivity contribution in [3.05, 3.63) is 47.8 Å². The van der Waals surface area contributed by atoms with Crippen LogP contribution in [0.3, 0.4) is 0 Å². The van der Waals surface area contributed by atoms with Crippen LogP contribution in [-0.4, -0.2) is 43.7 Å². The molecule has 2 heterocycles. The fourth-order valence-electron chi connectivity index (χ4n) is 3.07. The minimum absolute atomic E-state index is 0.0217. The van der Waals surface area contributed by atoms with Crippen LogP contribution in [0.2, 0.25) is 0 Å². The minimum Gasteiger partial charge on any atom is -0.445 e. The third-order valence-electron chi connectivity index (χ3n) is 4.76. The smallest absolute Gasteiger partial charge is 0.410 e. The molecule has 2 atom stereocenters. The van der Waals surface area contributed by atoms with Gasteiger partial charge in [0.2, 0.25) is 0 Å². The van der Waals surface area contributed by atoms with Crippen molar-refractivity contribution in [2.24, 2.45) is 0 Å². The Morgan fingerprint density at radius 2 is 2.04 bits per heavy atom. The van der Waals surface area contributed by atoms with Crippen LogP contribution >= 0.6 is 0 Å². The van der Waals surface area contributed by atoms with Gasteiger partial charge in [0.25, 0.3) is 0 Å². The summed E-state index contributed by atoms with van der Waals surface area (Å²) in [5.41, 5.74) is 0.453. The molecule has 1 aromatic heterocycles. The van der Waals surface area contributed by atoms with E-state index in [1.165, 1.54) is 0 Å². The Kier molecular flexibility index (Phi) is 5.27. The molecule has 7 nitrogen and oxygen atoms in total. The maximum atomic E-state index is 12.5. The first-order valence-corrected chi connectivity index (χ1v) is 8.96. The summed E-state index contributed by atoms with van der Waals surface area (Å²) in [6.07, 6.45) is 2.99. The van der Waals surface area contributed by atoms with Crippen molar-refractivity contribution in [3.8, 4) is 0 Å². The molecule has 0 bridgehead atoms. The second kappa shape index (κ2) is 7.45. The van der Waals surface area contributed by atoms with Crippen molar-refractivity contribution >= 4 is 6.09 Å². The van der Waals surface area contributed by atoms with Crippen molar-refractivity contribution in [2.75, 3.05) is 6.54 Å². The zero-order chi connectivity index (χ0) is 18.7. The SMILES string of the molecule is C[C@@H]1CC[C@@H](n2ncc(C(C)(C)O)n2)CN1C(=O)OCc1ccccc1. The summed E-state index contributed by atoms with van der Waals surface area (Å²) < 4.78 is 5.48. The molecule has 3 rings (SSSR count). The molecule has 140 valence electrons. The van der Waals surface area contributed by atoms with Crippen LogP contribution in [0.5, 0.6) is 0 Å². The number of aliphatic hydroxyl groups is 1. The molecule has 1 aliphatic rings. The van der Waals surface area contributed by atoms with E-state index in [0.717, 1.165) is 18.4 Å². The highest BCUT2D eigenvalue weighted by Crippen LogP contribution is 2.26. The summed E-state index contributed by atoms with van der Waals surface area (Å²) in [7, 11) is 0. The molecule has 1 fully saturated rings. The van der Waals surface area contributed by atoms with E-state index in [2.05, 4.69) is 10.2 Å². The van der Waals surface area contributed by atoms with Gasteiger partial charge in [-0.15, -0.1) is 0 Å². The summed E-state index contributed by atoms with van der Waals surface area (Å²) in [5.74, 6) is 0. The van der Waals surface area contributed by atoms with Gasteiger partial charge in [-0.05, 0) is 39.2 Å². The number of hydrogen-bond donors (Lipinski definition) is 1. The number of carbonyl (C=O) groups is 1. The van der Waals surface area contributed by atoms with Crippen molar-refractivity contribution in [3.63, 3.8) is 0 Å². The summed E-state index contributed by atoms with van der Waals surface area (Å²) >= 11 is 0. The number of likely N-dealkylation sites (tertiary alicyclic amines) is 1. The van der Waals surface area contributed by atoms with E-state index in [1.54, 1.807) is 29.7 Å². The zero-order valence-electron chi connectivity index (χ0n) is 15.5. The van der Waals surface area contributed by atoms with Crippen molar-refractivity contribution in [1.29, 1.82) is 0 Å². The molecular formula is C19H26N4O3. The third-order valence-corrected chi connectivity index (χ3v) is 4.76. The Balaban J connectivity index is 1.64. The maximum Gasteiger partial charge on any atom is 0.410 e. The third kappa shape index (κ3) is 4.22. The highest BCUT2D eigenvalue weighted by Gasteiger charge is 2.32. The number of aromatic nitrogens is 3. The van der Waals surface area contributed by atoms with E-state index in [9.17, 15) is 9.90 Å². The van der Waals surface area contributed by atoms with Gasteiger partial charge < -0.3 is 14.7 Å². The Morgan fingerprint density at radius 3 is 2.69 bits per heavy atom. The second-order valence-corrected chi connectivity index (χ2v) is 7.38. The van der Waals surface area contributed by atoms with Gasteiger partial charge in [0.1, 0.15) is 17.9 Å². The predicted octanol–water partition coefficient (Wildman–Crippen LogP) is 2.87. The van der Waals surface area contributed by atoms with Crippen LogP contribution in [0.15, 0.2) is 36.5 Å². The molecule has 1 amide bonds. The second-order valence-electron chi connectivity index (χ2n) is 7.38. The van der Waals surface area contributed by atoms with Gasteiger partial charge in [-0.1, -0.05) is 30.3 Å². The van der Waals surface area contributed by atoms with Crippen LogP contribution in [0.4, 0.5) is 4.79 Å². The number of ether oxygens (including phenoxy) is 1. The zero-order valence-corrected chi connectivity index (χ0v) is 15.5. The van der Waals surface area contributed by atoms with Gasteiger partial charge >= 0.3 is 6.09 Å². The first-order valence-electron chi connectivity index (χ1n) is 8.96. The molecule has 7 heteroatoms. The summed E-state index contributed by atoms with van der Waals surface area (Å²) in [6, 6.07) is 9.73. The monoisotopic (exact) mass is 358 g/mol. The molecular weight excluding hydrogens is 332 g/mol. The first kappa shape index (κ1) is 18.4. The van der Waals surface area contributed by atoms with E-state index in [0.29, 0.717) is 12.2 Å². The van der Waals surface area contributed by atoms with E-state index >= 15 is 0 Å². The highest BCUT2D eigenvalue weighted by atomic mass is 16.6. The summed E-state index contributed by atoms with van der Waals surface area (Å²) in [5, 5.41) is 18.7. The average molecular weight is 358 g/mol. The Bertz CT molecular complexity index is 739. The summed E-state index contributed by atoms with van der Waals surface area (Å²) in [6.45, 7) is 6.14. The topological polar surface area (TPSA) is 80.5 Å². The van der Waals surface area contributed by atoms with Gasteiger partial charge in [-0.3, -0.25) is 0 Å². The molecule has 0 aliphatic carbocycles. The number of hydrogen-bond acceptors (Lipinski definition) is 5. The number of rotatable bonds is 4. The first-order chi connectivity index (χ1) is 12.3. The number of amides is 1. The van der Waals surface area contributed by atoms with Gasteiger partial charge in [0.05, 0.1) is 12.2 Å². The fraction of sp³-hybridized carbons (Fsp3) is 0.526. The molecule has 1 saturated heterocycles. The fourth-order valence-corrected chi connectivity index (χ4v) is 3.07. The number of nitrogens with zero attached hydrogens (tertiary/aromatic N) is 4. The van der Waals surface area contributed by atoms with Crippen molar-refractivity contribution in [1.82, 2.24) is 19.9 Å². The van der Waals surface area contributed by atoms with Gasteiger partial charge in [0, 0.05) is 12.6 Å². The molecule has 0 spiro atoms. The van der Waals surface area contributed by atoms with Crippen molar-refractivity contribution in [2.45, 2.75) is 57.9 Å². The Hall–Kier alpha value is -2.41. The van der Waals surface area contributed by atoms with Gasteiger partial charge in [-0.2, -0.15) is 15.0 Å². The van der Waals surface area contributed by atoms with E-state index in [4.69, 9.17) is 4.74 Å². The Labute approximate surface area is 153 Å². The number of benzene rings is 1. The standard InChI is InChI=1S/C19H26N4O3/c1-14-9-10-16(23-20-11-17(21-23)19(2,3)25)12-22(14)18(24)26-13-15-7-5-4-6-8-15/h4-8,11,14,16,25H,9-10,12-13H2,1-3H3/t14-,16-/m1/s1. The van der Waals surface area contributed by atoms with Crippen LogP contribution in [-0.2, 0) is 16.9 Å². The van der Waals surface area contributed by atoms with Gasteiger partial charge in [0.15, 0.2) is 0 Å². The molecule has 1 aliphatic heterocycles.